The summed E-state index contributed by atoms with van der Waals surface area (Å²) in [5.41, 5.74) is 1.07. The minimum Gasteiger partial charge on any atom is -0.481 e. The van der Waals surface area contributed by atoms with Crippen molar-refractivity contribution in [1.29, 1.82) is 0 Å². The average Bonchev–Trinajstić information content (AvgIpc) is 2.43. The summed E-state index contributed by atoms with van der Waals surface area (Å²) in [6.07, 6.45) is 0.809. The lowest BCUT2D eigenvalue weighted by Crippen LogP contribution is -2.34. The van der Waals surface area contributed by atoms with Gasteiger partial charge in [-0.15, -0.1) is 11.8 Å². The number of nitrogens with zero attached hydrogens (tertiary/aromatic N) is 1. The van der Waals surface area contributed by atoms with E-state index in [0.717, 1.165) is 17.7 Å². The Hall–Kier alpha value is -1.49. The van der Waals surface area contributed by atoms with Crippen molar-refractivity contribution >= 4 is 23.6 Å². The first-order valence-electron chi connectivity index (χ1n) is 6.28. The number of amides is 1. The molecule has 0 aliphatic carbocycles. The van der Waals surface area contributed by atoms with Crippen molar-refractivity contribution in [2.45, 2.75) is 23.7 Å². The van der Waals surface area contributed by atoms with Crippen molar-refractivity contribution < 1.29 is 14.7 Å². The molecule has 0 bridgehead atoms. The first-order valence-corrected chi connectivity index (χ1v) is 7.26. The molecule has 1 heterocycles. The van der Waals surface area contributed by atoms with Crippen LogP contribution in [0.4, 0.5) is 0 Å². The first-order chi connectivity index (χ1) is 9.09. The number of likely N-dealkylation sites (N-methyl/N-ethyl adjacent to an activating group) is 1. The summed E-state index contributed by atoms with van der Waals surface area (Å²) in [6, 6.07) is 7.96. The van der Waals surface area contributed by atoms with Crippen molar-refractivity contribution in [3.8, 4) is 0 Å². The number of carbonyl (C=O) groups is 2. The van der Waals surface area contributed by atoms with E-state index in [1.807, 2.05) is 24.3 Å². The summed E-state index contributed by atoms with van der Waals surface area (Å²) >= 11 is 1.77. The summed E-state index contributed by atoms with van der Waals surface area (Å²) in [5, 5.41) is 8.67. The number of carboxylic acids is 1. The number of hydrogen-bond acceptors (Lipinski definition) is 3. The maximum atomic E-state index is 12.4. The molecular formula is C14H17NO3S. The Kier molecular flexibility index (Phi) is 4.47. The molecule has 1 aliphatic heterocycles. The topological polar surface area (TPSA) is 57.6 Å². The van der Waals surface area contributed by atoms with Gasteiger partial charge in [0.05, 0.1) is 12.3 Å². The molecule has 0 fully saturated rings. The third-order valence-electron chi connectivity index (χ3n) is 3.29. The van der Waals surface area contributed by atoms with Gasteiger partial charge in [0.25, 0.3) is 0 Å². The summed E-state index contributed by atoms with van der Waals surface area (Å²) < 4.78 is 0. The molecule has 4 nitrogen and oxygen atoms in total. The van der Waals surface area contributed by atoms with Gasteiger partial charge < -0.3 is 10.0 Å². The molecule has 2 rings (SSSR count). The highest BCUT2D eigenvalue weighted by Crippen LogP contribution is 2.38. The number of carbonyl (C=O) groups excluding carboxylic acids is 1. The summed E-state index contributed by atoms with van der Waals surface area (Å²) in [7, 11) is 1.68. The van der Waals surface area contributed by atoms with E-state index in [1.54, 1.807) is 18.8 Å². The van der Waals surface area contributed by atoms with Crippen LogP contribution in [0, 0.1) is 0 Å². The van der Waals surface area contributed by atoms with E-state index in [0.29, 0.717) is 0 Å². The van der Waals surface area contributed by atoms with E-state index < -0.39 is 5.97 Å². The normalized spacial score (nSPS) is 17.6. The Balaban J connectivity index is 2.10. The molecule has 1 amide bonds. The molecule has 1 aliphatic rings. The highest BCUT2D eigenvalue weighted by Gasteiger charge is 2.28. The van der Waals surface area contributed by atoms with E-state index in [-0.39, 0.29) is 24.8 Å². The van der Waals surface area contributed by atoms with Crippen molar-refractivity contribution in [2.24, 2.45) is 0 Å². The first kappa shape index (κ1) is 13.9. The van der Waals surface area contributed by atoms with Crippen LogP contribution in [0.2, 0.25) is 0 Å². The Morgan fingerprint density at radius 3 is 2.89 bits per heavy atom. The van der Waals surface area contributed by atoms with Crippen LogP contribution in [-0.4, -0.2) is 41.2 Å². The highest BCUT2D eigenvalue weighted by molar-refractivity contribution is 7.99. The SMILES string of the molecule is CN(CCC(=O)O)C(=O)C1CCSc2ccccc21. The Morgan fingerprint density at radius 1 is 1.42 bits per heavy atom. The monoisotopic (exact) mass is 279 g/mol. The maximum Gasteiger partial charge on any atom is 0.305 e. The van der Waals surface area contributed by atoms with Crippen molar-refractivity contribution in [3.63, 3.8) is 0 Å². The number of benzene rings is 1. The molecule has 0 spiro atoms. The molecule has 1 aromatic carbocycles. The predicted molar refractivity (Wildman–Crippen MR) is 74.4 cm³/mol. The van der Waals surface area contributed by atoms with Gasteiger partial charge in [0.15, 0.2) is 0 Å². The quantitative estimate of drug-likeness (QED) is 0.918. The number of thioether (sulfide) groups is 1. The van der Waals surface area contributed by atoms with Gasteiger partial charge in [-0.3, -0.25) is 9.59 Å². The molecule has 1 atom stereocenters. The summed E-state index contributed by atoms with van der Waals surface area (Å²) in [4.78, 5) is 25.7. The zero-order valence-electron chi connectivity index (χ0n) is 10.8. The molecule has 1 N–H and O–H groups in total. The fourth-order valence-electron chi connectivity index (χ4n) is 2.24. The molecule has 1 aromatic rings. The van der Waals surface area contributed by atoms with Gasteiger partial charge >= 0.3 is 5.97 Å². The minimum absolute atomic E-state index is 0.00857. The number of carboxylic acid groups (broad SMARTS) is 1. The Bertz CT molecular complexity index is 489. The largest absolute Gasteiger partial charge is 0.481 e. The highest BCUT2D eigenvalue weighted by atomic mass is 32.2. The molecule has 0 aromatic heterocycles. The fourth-order valence-corrected chi connectivity index (χ4v) is 3.36. The Morgan fingerprint density at radius 2 is 2.16 bits per heavy atom. The molecule has 1 unspecified atom stereocenters. The van der Waals surface area contributed by atoms with Crippen molar-refractivity contribution in [3.05, 3.63) is 29.8 Å². The van der Waals surface area contributed by atoms with Crippen LogP contribution in [0.3, 0.4) is 0 Å². The van der Waals surface area contributed by atoms with E-state index in [4.69, 9.17) is 5.11 Å². The zero-order valence-corrected chi connectivity index (χ0v) is 11.7. The third kappa shape index (κ3) is 3.29. The van der Waals surface area contributed by atoms with Crippen LogP contribution in [0.15, 0.2) is 29.2 Å². The van der Waals surface area contributed by atoms with Crippen molar-refractivity contribution in [2.75, 3.05) is 19.3 Å². The van der Waals surface area contributed by atoms with Gasteiger partial charge in [-0.2, -0.15) is 0 Å². The standard InChI is InChI=1S/C14H17NO3S/c1-15(8-6-13(16)17)14(18)11-7-9-19-12-5-3-2-4-10(11)12/h2-5,11H,6-9H2,1H3,(H,16,17). The second kappa shape index (κ2) is 6.10. The minimum atomic E-state index is -0.876. The number of rotatable bonds is 4. The Labute approximate surface area is 116 Å². The number of aliphatic carboxylic acids is 1. The van der Waals surface area contributed by atoms with Gasteiger partial charge in [0, 0.05) is 18.5 Å². The van der Waals surface area contributed by atoms with E-state index in [2.05, 4.69) is 0 Å². The number of fused-ring (bicyclic) bond motifs is 1. The van der Waals surface area contributed by atoms with Gasteiger partial charge in [0.1, 0.15) is 0 Å². The summed E-state index contributed by atoms with van der Waals surface area (Å²) in [5.74, 6) is -0.0512. The second-order valence-corrected chi connectivity index (χ2v) is 5.77. The molecule has 19 heavy (non-hydrogen) atoms. The van der Waals surface area contributed by atoms with Crippen LogP contribution in [0.5, 0.6) is 0 Å². The molecule has 102 valence electrons. The summed E-state index contributed by atoms with van der Waals surface area (Å²) in [6.45, 7) is 0.264. The predicted octanol–water partition coefficient (Wildman–Crippen LogP) is 2.20. The van der Waals surface area contributed by atoms with Crippen LogP contribution in [0.1, 0.15) is 24.3 Å². The van der Waals surface area contributed by atoms with E-state index in [9.17, 15) is 9.59 Å². The van der Waals surface area contributed by atoms with E-state index >= 15 is 0 Å². The molecule has 5 heteroatoms. The van der Waals surface area contributed by atoms with Gasteiger partial charge in [-0.1, -0.05) is 18.2 Å². The molecular weight excluding hydrogens is 262 g/mol. The van der Waals surface area contributed by atoms with Crippen molar-refractivity contribution in [1.82, 2.24) is 4.90 Å². The second-order valence-electron chi connectivity index (χ2n) is 4.63. The average molecular weight is 279 g/mol. The molecule has 0 radical (unpaired) electrons. The van der Waals surface area contributed by atoms with Crippen LogP contribution in [0.25, 0.3) is 0 Å². The smallest absolute Gasteiger partial charge is 0.305 e. The molecule has 0 saturated carbocycles. The number of hydrogen-bond donors (Lipinski definition) is 1. The third-order valence-corrected chi connectivity index (χ3v) is 4.42. The zero-order chi connectivity index (χ0) is 13.8. The van der Waals surface area contributed by atoms with Crippen LogP contribution >= 0.6 is 11.8 Å². The van der Waals surface area contributed by atoms with E-state index in [1.165, 1.54) is 9.80 Å². The van der Waals surface area contributed by atoms with Gasteiger partial charge in [-0.25, -0.2) is 0 Å². The lowest BCUT2D eigenvalue weighted by molar-refractivity contribution is -0.138. The maximum absolute atomic E-state index is 12.4. The van der Waals surface area contributed by atoms with Crippen LogP contribution < -0.4 is 0 Å². The van der Waals surface area contributed by atoms with Gasteiger partial charge in [0.2, 0.25) is 5.91 Å². The van der Waals surface area contributed by atoms with Crippen LogP contribution in [-0.2, 0) is 9.59 Å². The lowest BCUT2D eigenvalue weighted by Gasteiger charge is -2.28. The van der Waals surface area contributed by atoms with Gasteiger partial charge in [-0.05, 0) is 23.8 Å². The molecule has 0 saturated heterocycles. The fraction of sp³-hybridized carbons (Fsp3) is 0.429. The lowest BCUT2D eigenvalue weighted by atomic mass is 9.94.